The molecule has 0 radical (unpaired) electrons. The van der Waals surface area contributed by atoms with E-state index in [-0.39, 0.29) is 36.7 Å². The van der Waals surface area contributed by atoms with Gasteiger partial charge < -0.3 is 20.3 Å². The molecule has 1 atom stereocenters. The van der Waals surface area contributed by atoms with E-state index in [0.29, 0.717) is 24.2 Å². The monoisotopic (exact) mass is 369 g/mol. The van der Waals surface area contributed by atoms with Crippen LogP contribution in [-0.2, 0) is 14.3 Å². The summed E-state index contributed by atoms with van der Waals surface area (Å²) < 4.78 is 4.81. The molecule has 1 aliphatic heterocycles. The summed E-state index contributed by atoms with van der Waals surface area (Å²) in [5.41, 5.74) is 0.987. The third-order valence-electron chi connectivity index (χ3n) is 3.97. The lowest BCUT2D eigenvalue weighted by Gasteiger charge is -2.33. The molecule has 1 fully saturated rings. The maximum atomic E-state index is 12.8. The first kappa shape index (κ1) is 20.9. The second-order valence-electron chi connectivity index (χ2n) is 5.69. The molecule has 8 heteroatoms. The topological polar surface area (TPSA) is 87.7 Å². The average Bonchev–Trinajstić information content (AvgIpc) is 2.60. The van der Waals surface area contributed by atoms with Gasteiger partial charge in [-0.15, -0.1) is 12.4 Å². The number of piperidine rings is 1. The number of halogens is 1. The van der Waals surface area contributed by atoms with E-state index in [2.05, 4.69) is 10.6 Å². The van der Waals surface area contributed by atoms with Gasteiger partial charge in [0.2, 0.25) is 5.91 Å². The van der Waals surface area contributed by atoms with E-state index in [4.69, 9.17) is 4.74 Å². The number of methoxy groups -OCH3 is 1. The molecule has 7 nitrogen and oxygen atoms in total. The van der Waals surface area contributed by atoms with Gasteiger partial charge in [-0.05, 0) is 44.5 Å². The summed E-state index contributed by atoms with van der Waals surface area (Å²) >= 11 is 0. The van der Waals surface area contributed by atoms with Crippen LogP contribution in [0.15, 0.2) is 24.3 Å². The Morgan fingerprint density at radius 3 is 2.72 bits per heavy atom. The Morgan fingerprint density at radius 2 is 2.04 bits per heavy atom. The number of nitrogens with one attached hydrogen (secondary N) is 2. The number of carbonyl (C=O) groups excluding carboxylic acids is 3. The molecular formula is C17H24ClN3O4. The van der Waals surface area contributed by atoms with E-state index in [1.807, 2.05) is 0 Å². The summed E-state index contributed by atoms with van der Waals surface area (Å²) in [6, 6.07) is 6.19. The molecule has 1 unspecified atom stereocenters. The van der Waals surface area contributed by atoms with Gasteiger partial charge in [-0.25, -0.2) is 4.79 Å². The number of anilines is 1. The minimum Gasteiger partial charge on any atom is -0.467 e. The van der Waals surface area contributed by atoms with Crippen molar-refractivity contribution in [2.24, 2.45) is 0 Å². The first-order valence-electron chi connectivity index (χ1n) is 8.00. The maximum absolute atomic E-state index is 12.8. The molecule has 1 aromatic carbocycles. The number of ether oxygens (including phenoxy) is 1. The smallest absolute Gasteiger partial charge is 0.328 e. The molecule has 1 aromatic rings. The number of carbonyl (C=O) groups is 3. The van der Waals surface area contributed by atoms with Gasteiger partial charge in [-0.1, -0.05) is 6.07 Å². The minimum atomic E-state index is -0.543. The van der Waals surface area contributed by atoms with Gasteiger partial charge in [-0.2, -0.15) is 0 Å². The van der Waals surface area contributed by atoms with Gasteiger partial charge in [-0.3, -0.25) is 9.59 Å². The van der Waals surface area contributed by atoms with Crippen molar-refractivity contribution in [1.29, 1.82) is 0 Å². The summed E-state index contributed by atoms with van der Waals surface area (Å²) in [4.78, 5) is 37.9. The van der Waals surface area contributed by atoms with Crippen LogP contribution in [0, 0.1) is 0 Å². The highest BCUT2D eigenvalue weighted by Gasteiger charge is 2.33. The number of hydrogen-bond donors (Lipinski definition) is 2. The normalized spacial score (nSPS) is 16.6. The number of benzene rings is 1. The van der Waals surface area contributed by atoms with Crippen LogP contribution in [0.2, 0.25) is 0 Å². The van der Waals surface area contributed by atoms with E-state index in [0.717, 1.165) is 12.8 Å². The molecule has 0 spiro atoms. The molecule has 0 aromatic heterocycles. The summed E-state index contributed by atoms with van der Waals surface area (Å²) in [6.45, 7) is 0.712. The minimum absolute atomic E-state index is 0. The largest absolute Gasteiger partial charge is 0.467 e. The number of rotatable bonds is 5. The third-order valence-corrected chi connectivity index (χ3v) is 3.97. The van der Waals surface area contributed by atoms with E-state index in [1.165, 1.54) is 7.11 Å². The zero-order valence-electron chi connectivity index (χ0n) is 14.4. The van der Waals surface area contributed by atoms with Crippen LogP contribution in [0.1, 0.15) is 29.6 Å². The third kappa shape index (κ3) is 5.44. The zero-order valence-corrected chi connectivity index (χ0v) is 15.2. The Balaban J connectivity index is 0.00000312. The Labute approximate surface area is 153 Å². The van der Waals surface area contributed by atoms with Crippen molar-refractivity contribution in [3.63, 3.8) is 0 Å². The molecule has 1 heterocycles. The zero-order chi connectivity index (χ0) is 17.5. The fraction of sp³-hybridized carbons (Fsp3) is 0.471. The highest BCUT2D eigenvalue weighted by Crippen LogP contribution is 2.22. The van der Waals surface area contributed by atoms with E-state index in [1.54, 1.807) is 36.2 Å². The predicted octanol–water partition coefficient (Wildman–Crippen LogP) is 1.43. The summed E-state index contributed by atoms with van der Waals surface area (Å²) in [5, 5.41) is 5.49. The van der Waals surface area contributed by atoms with Crippen molar-refractivity contribution >= 4 is 35.9 Å². The van der Waals surface area contributed by atoms with Gasteiger partial charge in [0.25, 0.3) is 5.91 Å². The summed E-state index contributed by atoms with van der Waals surface area (Å²) in [7, 11) is 3.01. The fourth-order valence-corrected chi connectivity index (χ4v) is 2.82. The molecule has 2 N–H and O–H groups in total. The van der Waals surface area contributed by atoms with Crippen molar-refractivity contribution in [2.75, 3.05) is 32.6 Å². The van der Waals surface area contributed by atoms with Crippen LogP contribution >= 0.6 is 12.4 Å². The molecule has 138 valence electrons. The second-order valence-corrected chi connectivity index (χ2v) is 5.69. The highest BCUT2D eigenvalue weighted by atomic mass is 35.5. The van der Waals surface area contributed by atoms with E-state index >= 15 is 0 Å². The van der Waals surface area contributed by atoms with Crippen molar-refractivity contribution in [1.82, 2.24) is 10.2 Å². The van der Waals surface area contributed by atoms with Crippen molar-refractivity contribution in [3.8, 4) is 0 Å². The Hall–Kier alpha value is -2.12. The molecule has 1 saturated heterocycles. The van der Waals surface area contributed by atoms with Crippen LogP contribution in [0.4, 0.5) is 5.69 Å². The highest BCUT2D eigenvalue weighted by molar-refractivity contribution is 5.99. The average molecular weight is 370 g/mol. The number of hydrogen-bond acceptors (Lipinski definition) is 5. The molecule has 2 rings (SSSR count). The fourth-order valence-electron chi connectivity index (χ4n) is 2.82. The van der Waals surface area contributed by atoms with Crippen LogP contribution in [0.5, 0.6) is 0 Å². The number of esters is 1. The number of likely N-dealkylation sites (N-methyl/N-ethyl adjacent to an activating group) is 1. The molecule has 0 saturated carbocycles. The Kier molecular flexibility index (Phi) is 8.37. The Bertz CT molecular complexity index is 624. The number of amides is 2. The molecule has 0 aliphatic carbocycles. The first-order valence-corrected chi connectivity index (χ1v) is 8.00. The molecule has 2 amide bonds. The predicted molar refractivity (Wildman–Crippen MR) is 96.9 cm³/mol. The molecule has 1 aliphatic rings. The van der Waals surface area contributed by atoms with Crippen LogP contribution < -0.4 is 10.6 Å². The number of nitrogens with zero attached hydrogens (tertiary/aromatic N) is 1. The van der Waals surface area contributed by atoms with Crippen molar-refractivity contribution < 1.29 is 19.1 Å². The number of likely N-dealkylation sites (tertiary alicyclic amines) is 1. The molecule has 0 bridgehead atoms. The van der Waals surface area contributed by atoms with Crippen molar-refractivity contribution in [3.05, 3.63) is 29.8 Å². The summed E-state index contributed by atoms with van der Waals surface area (Å²) in [6.07, 6.45) is 2.36. The van der Waals surface area contributed by atoms with E-state index in [9.17, 15) is 14.4 Å². The maximum Gasteiger partial charge on any atom is 0.328 e. The van der Waals surface area contributed by atoms with Crippen LogP contribution in [0.25, 0.3) is 0 Å². The van der Waals surface area contributed by atoms with Gasteiger partial charge in [0.1, 0.15) is 6.04 Å². The van der Waals surface area contributed by atoms with Crippen molar-refractivity contribution in [2.45, 2.75) is 25.3 Å². The SMILES string of the molecule is CNCC(=O)Nc1cccc(C(=O)N2CCCCC2C(=O)OC)c1.Cl. The lowest BCUT2D eigenvalue weighted by Crippen LogP contribution is -2.48. The first-order chi connectivity index (χ1) is 11.6. The van der Waals surface area contributed by atoms with E-state index < -0.39 is 6.04 Å². The standard InChI is InChI=1S/C17H23N3O4.ClH/c1-18-11-15(21)19-13-7-5-6-12(10-13)16(22)20-9-4-3-8-14(20)17(23)24-2;/h5-7,10,14,18H,3-4,8-9,11H2,1-2H3,(H,19,21);1H. The van der Waals surface area contributed by atoms with Crippen LogP contribution in [0.3, 0.4) is 0 Å². The van der Waals surface area contributed by atoms with Gasteiger partial charge in [0, 0.05) is 17.8 Å². The quantitative estimate of drug-likeness (QED) is 0.767. The van der Waals surface area contributed by atoms with Gasteiger partial charge in [0.05, 0.1) is 13.7 Å². The molecule has 25 heavy (non-hydrogen) atoms. The summed E-state index contributed by atoms with van der Waals surface area (Å²) in [5.74, 6) is -0.802. The van der Waals surface area contributed by atoms with Crippen LogP contribution in [-0.4, -0.2) is 56.0 Å². The molecular weight excluding hydrogens is 346 g/mol. The van der Waals surface area contributed by atoms with Gasteiger partial charge in [0.15, 0.2) is 0 Å². The second kappa shape index (κ2) is 10.0. The Morgan fingerprint density at radius 1 is 1.28 bits per heavy atom. The van der Waals surface area contributed by atoms with Gasteiger partial charge >= 0.3 is 5.97 Å². The lowest BCUT2D eigenvalue weighted by atomic mass is 10.0. The lowest BCUT2D eigenvalue weighted by molar-refractivity contribution is -0.147.